The molecule has 2 aliphatic rings. The van der Waals surface area contributed by atoms with Gasteiger partial charge in [0.05, 0.1) is 26.4 Å². The van der Waals surface area contributed by atoms with Crippen LogP contribution in [0.4, 0.5) is 5.69 Å². The van der Waals surface area contributed by atoms with Crippen LogP contribution in [0.5, 0.6) is 11.5 Å². The van der Waals surface area contributed by atoms with Crippen LogP contribution in [-0.4, -0.2) is 52.6 Å². The molecule has 0 bridgehead atoms. The highest BCUT2D eigenvalue weighted by Gasteiger charge is 2.32. The first-order valence-electron chi connectivity index (χ1n) is 8.74. The maximum Gasteiger partial charge on any atom is 0.193 e. The zero-order chi connectivity index (χ0) is 17.5. The monoisotopic (exact) mass is 477 g/mol. The molecule has 0 unspecified atom stereocenters. The first-order chi connectivity index (χ1) is 12.2. The Hall–Kier alpha value is -1.26. The van der Waals surface area contributed by atoms with Gasteiger partial charge in [-0.15, -0.1) is 24.0 Å². The van der Waals surface area contributed by atoms with Crippen LogP contribution < -0.4 is 20.5 Å². The highest BCUT2D eigenvalue weighted by Crippen LogP contribution is 2.33. The SMILES string of the molecule is COCC1(CN=C(N)Nc2ccc3c(c2)OCCCO3)CCOCC1.I. The van der Waals surface area contributed by atoms with E-state index in [1.165, 1.54) is 0 Å². The number of hydrogen-bond donors (Lipinski definition) is 2. The summed E-state index contributed by atoms with van der Waals surface area (Å²) in [5.74, 6) is 1.88. The predicted molar refractivity (Wildman–Crippen MR) is 112 cm³/mol. The van der Waals surface area contributed by atoms with Gasteiger partial charge in [-0.1, -0.05) is 0 Å². The molecule has 3 rings (SSSR count). The number of hydrogen-bond acceptors (Lipinski definition) is 5. The van der Waals surface area contributed by atoms with E-state index in [2.05, 4.69) is 10.3 Å². The fourth-order valence-corrected chi connectivity index (χ4v) is 3.14. The van der Waals surface area contributed by atoms with Crippen molar-refractivity contribution in [3.63, 3.8) is 0 Å². The van der Waals surface area contributed by atoms with Crippen molar-refractivity contribution in [1.82, 2.24) is 0 Å². The van der Waals surface area contributed by atoms with Crippen LogP contribution in [-0.2, 0) is 9.47 Å². The average molecular weight is 477 g/mol. The van der Waals surface area contributed by atoms with Gasteiger partial charge < -0.3 is 30.0 Å². The molecule has 8 heteroatoms. The topological polar surface area (TPSA) is 87.3 Å². The number of aliphatic imine (C=N–C) groups is 1. The quantitative estimate of drug-likeness (QED) is 0.385. The summed E-state index contributed by atoms with van der Waals surface area (Å²) >= 11 is 0. The van der Waals surface area contributed by atoms with Crippen molar-refractivity contribution in [2.45, 2.75) is 19.3 Å². The molecule has 1 aromatic carbocycles. The summed E-state index contributed by atoms with van der Waals surface area (Å²) in [6, 6.07) is 5.69. The number of benzene rings is 1. The zero-order valence-electron chi connectivity index (χ0n) is 15.2. The molecule has 0 atom stereocenters. The Morgan fingerprint density at radius 3 is 2.65 bits per heavy atom. The van der Waals surface area contributed by atoms with Crippen LogP contribution in [0.2, 0.25) is 0 Å². The van der Waals surface area contributed by atoms with Gasteiger partial charge in [-0.2, -0.15) is 0 Å². The van der Waals surface area contributed by atoms with Gasteiger partial charge in [0.2, 0.25) is 0 Å². The van der Waals surface area contributed by atoms with Crippen molar-refractivity contribution in [1.29, 1.82) is 0 Å². The van der Waals surface area contributed by atoms with Crippen LogP contribution in [0.1, 0.15) is 19.3 Å². The van der Waals surface area contributed by atoms with E-state index in [0.717, 1.165) is 49.7 Å². The number of halogens is 1. The standard InChI is InChI=1S/C18H27N3O4.HI/c1-22-13-18(5-9-23-10-6-18)12-20-17(19)21-14-3-4-15-16(11-14)25-8-2-7-24-15;/h3-4,11H,2,5-10,12-13H2,1H3,(H3,19,20,21);1H. The Labute approximate surface area is 171 Å². The second-order valence-corrected chi connectivity index (χ2v) is 6.58. The van der Waals surface area contributed by atoms with E-state index in [4.69, 9.17) is 24.7 Å². The van der Waals surface area contributed by atoms with Crippen LogP contribution in [0, 0.1) is 5.41 Å². The van der Waals surface area contributed by atoms with E-state index in [1.54, 1.807) is 7.11 Å². The summed E-state index contributed by atoms with van der Waals surface area (Å²) in [4.78, 5) is 4.54. The van der Waals surface area contributed by atoms with E-state index in [9.17, 15) is 0 Å². The lowest BCUT2D eigenvalue weighted by Gasteiger charge is -2.35. The number of fused-ring (bicyclic) bond motifs is 1. The average Bonchev–Trinajstić information content (AvgIpc) is 2.86. The summed E-state index contributed by atoms with van der Waals surface area (Å²) < 4.78 is 22.2. The van der Waals surface area contributed by atoms with Crippen LogP contribution in [0.3, 0.4) is 0 Å². The molecule has 1 saturated heterocycles. The summed E-state index contributed by atoms with van der Waals surface area (Å²) in [5, 5.41) is 3.13. The number of guanidine groups is 1. The lowest BCUT2D eigenvalue weighted by molar-refractivity contribution is -0.0222. The second-order valence-electron chi connectivity index (χ2n) is 6.58. The maximum absolute atomic E-state index is 6.08. The Kier molecular flexibility index (Phi) is 8.23. The van der Waals surface area contributed by atoms with Crippen LogP contribution >= 0.6 is 24.0 Å². The summed E-state index contributed by atoms with van der Waals surface area (Å²) in [6.07, 6.45) is 2.75. The first-order valence-corrected chi connectivity index (χ1v) is 8.74. The summed E-state index contributed by atoms with van der Waals surface area (Å²) in [6.45, 7) is 4.10. The van der Waals surface area contributed by atoms with Crippen molar-refractivity contribution in [3.8, 4) is 11.5 Å². The molecule has 1 fully saturated rings. The molecule has 7 nitrogen and oxygen atoms in total. The molecular weight excluding hydrogens is 449 g/mol. The molecule has 0 aromatic heterocycles. The van der Waals surface area contributed by atoms with E-state index in [1.807, 2.05) is 18.2 Å². The van der Waals surface area contributed by atoms with E-state index >= 15 is 0 Å². The van der Waals surface area contributed by atoms with Gasteiger partial charge >= 0.3 is 0 Å². The van der Waals surface area contributed by atoms with Gasteiger partial charge in [0, 0.05) is 43.9 Å². The number of methoxy groups -OCH3 is 1. The lowest BCUT2D eigenvalue weighted by atomic mass is 9.81. The van der Waals surface area contributed by atoms with Gasteiger partial charge in [0.15, 0.2) is 17.5 Å². The molecule has 1 aromatic rings. The molecular formula is C18H28IN3O4. The largest absolute Gasteiger partial charge is 0.490 e. The number of nitrogens with two attached hydrogens (primary N) is 1. The zero-order valence-corrected chi connectivity index (χ0v) is 17.5. The van der Waals surface area contributed by atoms with Gasteiger partial charge in [0.25, 0.3) is 0 Å². The van der Waals surface area contributed by atoms with Gasteiger partial charge in [-0.25, -0.2) is 0 Å². The first kappa shape index (κ1) is 21.0. The van der Waals surface area contributed by atoms with Crippen molar-refractivity contribution in [3.05, 3.63) is 18.2 Å². The molecule has 146 valence electrons. The fourth-order valence-electron chi connectivity index (χ4n) is 3.14. The summed E-state index contributed by atoms with van der Waals surface area (Å²) in [7, 11) is 1.72. The molecule has 0 saturated carbocycles. The number of nitrogens with one attached hydrogen (secondary N) is 1. The minimum Gasteiger partial charge on any atom is -0.490 e. The smallest absolute Gasteiger partial charge is 0.193 e. The van der Waals surface area contributed by atoms with Crippen LogP contribution in [0.15, 0.2) is 23.2 Å². The summed E-state index contributed by atoms with van der Waals surface area (Å²) in [5.41, 5.74) is 6.92. The second kappa shape index (κ2) is 10.2. The van der Waals surface area contributed by atoms with Crippen molar-refractivity contribution in [2.75, 3.05) is 52.0 Å². The van der Waals surface area contributed by atoms with E-state index < -0.39 is 0 Å². The third-order valence-corrected chi connectivity index (χ3v) is 4.61. The fraction of sp³-hybridized carbons (Fsp3) is 0.611. The number of anilines is 1. The molecule has 2 aliphatic heterocycles. The molecule has 3 N–H and O–H groups in total. The molecule has 0 amide bonds. The third kappa shape index (κ3) is 5.62. The van der Waals surface area contributed by atoms with Crippen molar-refractivity contribution in [2.24, 2.45) is 16.1 Å². The van der Waals surface area contributed by atoms with E-state index in [-0.39, 0.29) is 29.4 Å². The minimum absolute atomic E-state index is 0. The molecule has 0 aliphatic carbocycles. The molecule has 26 heavy (non-hydrogen) atoms. The Balaban J connectivity index is 0.00000243. The van der Waals surface area contributed by atoms with E-state index in [0.29, 0.717) is 32.3 Å². The van der Waals surface area contributed by atoms with Crippen molar-refractivity contribution >= 4 is 35.6 Å². The highest BCUT2D eigenvalue weighted by molar-refractivity contribution is 14.0. The third-order valence-electron chi connectivity index (χ3n) is 4.61. The number of nitrogens with zero attached hydrogens (tertiary/aromatic N) is 1. The van der Waals surface area contributed by atoms with Crippen molar-refractivity contribution < 1.29 is 18.9 Å². The molecule has 2 heterocycles. The maximum atomic E-state index is 6.08. The number of rotatable bonds is 5. The normalized spacial score (nSPS) is 19.2. The Bertz CT molecular complexity index is 601. The molecule has 0 spiro atoms. The molecule has 0 radical (unpaired) electrons. The van der Waals surface area contributed by atoms with Gasteiger partial charge in [0.1, 0.15) is 0 Å². The number of ether oxygens (including phenoxy) is 4. The Morgan fingerprint density at radius 2 is 1.92 bits per heavy atom. The van der Waals surface area contributed by atoms with Gasteiger partial charge in [-0.3, -0.25) is 4.99 Å². The lowest BCUT2D eigenvalue weighted by Crippen LogP contribution is -2.37. The highest BCUT2D eigenvalue weighted by atomic mass is 127. The minimum atomic E-state index is 0. The van der Waals surface area contributed by atoms with Gasteiger partial charge in [-0.05, 0) is 25.0 Å². The van der Waals surface area contributed by atoms with Crippen LogP contribution in [0.25, 0.3) is 0 Å². The predicted octanol–water partition coefficient (Wildman–Crippen LogP) is 2.64. The Morgan fingerprint density at radius 1 is 1.19 bits per heavy atom.